The number of nitrogens with zero attached hydrogens (tertiary/aromatic N) is 6. The van der Waals surface area contributed by atoms with E-state index in [4.69, 9.17) is 5.26 Å². The second-order valence-electron chi connectivity index (χ2n) is 4.05. The van der Waals surface area contributed by atoms with E-state index in [1.165, 1.54) is 0 Å². The average Bonchev–Trinajstić information content (AvgIpc) is 2.94. The molecule has 0 bridgehead atoms. The Morgan fingerprint density at radius 3 is 2.78 bits per heavy atom. The smallest absolute Gasteiger partial charge is 0.171 e. The number of fused-ring (bicyclic) bond motifs is 1. The summed E-state index contributed by atoms with van der Waals surface area (Å²) in [5.74, 6) is 0.702. The lowest BCUT2D eigenvalue weighted by atomic mass is 10.2. The second-order valence-corrected chi connectivity index (χ2v) is 4.05. The first kappa shape index (κ1) is 10.5. The fourth-order valence-electron chi connectivity index (χ4n) is 1.86. The van der Waals surface area contributed by atoms with Crippen LogP contribution in [0.2, 0.25) is 0 Å². The molecule has 3 heterocycles. The second kappa shape index (κ2) is 3.67. The Hall–Kier alpha value is -2.68. The fourth-order valence-corrected chi connectivity index (χ4v) is 1.86. The number of nitriles is 1. The van der Waals surface area contributed by atoms with Crippen molar-refractivity contribution in [3.8, 4) is 17.5 Å². The van der Waals surface area contributed by atoms with Gasteiger partial charge in [0.2, 0.25) is 0 Å². The van der Waals surface area contributed by atoms with Crippen LogP contribution in [0.5, 0.6) is 0 Å². The molecule has 0 atom stereocenters. The molecular weight excluding hydrogens is 228 g/mol. The van der Waals surface area contributed by atoms with Crippen molar-refractivity contribution in [1.29, 1.82) is 5.26 Å². The lowest BCUT2D eigenvalue weighted by Crippen LogP contribution is -1.95. The minimum absolute atomic E-state index is 0.574. The highest BCUT2D eigenvalue weighted by atomic mass is 15.3. The quantitative estimate of drug-likeness (QED) is 0.640. The lowest BCUT2D eigenvalue weighted by Gasteiger charge is -1.99. The molecule has 0 aliphatic rings. The van der Waals surface area contributed by atoms with Gasteiger partial charge in [-0.25, -0.2) is 0 Å². The van der Waals surface area contributed by atoms with Crippen LogP contribution in [0, 0.1) is 18.3 Å². The number of aryl methyl sites for hydroxylation is 1. The third-order valence-corrected chi connectivity index (χ3v) is 3.01. The molecule has 0 aliphatic carbocycles. The van der Waals surface area contributed by atoms with Gasteiger partial charge < -0.3 is 0 Å². The van der Waals surface area contributed by atoms with Crippen molar-refractivity contribution in [3.63, 3.8) is 0 Å². The largest absolute Gasteiger partial charge is 0.281 e. The molecule has 0 unspecified atom stereocenters. The Balaban J connectivity index is 2.30. The Kier molecular flexibility index (Phi) is 2.13. The molecule has 3 rings (SSSR count). The summed E-state index contributed by atoms with van der Waals surface area (Å²) in [5, 5.41) is 21.4. The molecular formula is C12H10N6. The summed E-state index contributed by atoms with van der Waals surface area (Å²) in [4.78, 5) is 0. The van der Waals surface area contributed by atoms with Crippen molar-refractivity contribution in [3.05, 3.63) is 35.8 Å². The predicted molar refractivity (Wildman–Crippen MR) is 64.6 cm³/mol. The van der Waals surface area contributed by atoms with E-state index >= 15 is 0 Å². The van der Waals surface area contributed by atoms with Gasteiger partial charge in [0.15, 0.2) is 11.5 Å². The molecule has 3 aromatic heterocycles. The first-order valence-electron chi connectivity index (χ1n) is 5.44. The highest BCUT2D eigenvalue weighted by Crippen LogP contribution is 2.21. The predicted octanol–water partition coefficient (Wildman–Crippen LogP) is 1.31. The first-order valence-corrected chi connectivity index (χ1v) is 5.44. The van der Waals surface area contributed by atoms with E-state index in [0.717, 1.165) is 11.3 Å². The van der Waals surface area contributed by atoms with Gasteiger partial charge in [0.25, 0.3) is 0 Å². The topological polar surface area (TPSA) is 71.8 Å². The lowest BCUT2D eigenvalue weighted by molar-refractivity contribution is 0.740. The maximum atomic E-state index is 8.93. The van der Waals surface area contributed by atoms with Crippen LogP contribution < -0.4 is 0 Å². The van der Waals surface area contributed by atoms with Crippen molar-refractivity contribution in [2.45, 2.75) is 6.92 Å². The van der Waals surface area contributed by atoms with E-state index in [2.05, 4.69) is 21.4 Å². The van der Waals surface area contributed by atoms with Gasteiger partial charge in [-0.15, -0.1) is 10.2 Å². The van der Waals surface area contributed by atoms with E-state index in [1.807, 2.05) is 18.4 Å². The van der Waals surface area contributed by atoms with Crippen molar-refractivity contribution >= 4 is 5.65 Å². The highest BCUT2D eigenvalue weighted by Gasteiger charge is 2.13. The van der Waals surface area contributed by atoms with Crippen LogP contribution in [0.3, 0.4) is 0 Å². The number of pyridine rings is 1. The van der Waals surface area contributed by atoms with Gasteiger partial charge in [-0.05, 0) is 19.1 Å². The van der Waals surface area contributed by atoms with Crippen molar-refractivity contribution in [2.75, 3.05) is 0 Å². The van der Waals surface area contributed by atoms with E-state index in [0.29, 0.717) is 17.0 Å². The summed E-state index contributed by atoms with van der Waals surface area (Å²) in [6.07, 6.45) is 3.49. The number of aromatic nitrogens is 5. The number of hydrogen-bond acceptors (Lipinski definition) is 4. The molecule has 0 aliphatic heterocycles. The zero-order chi connectivity index (χ0) is 12.7. The van der Waals surface area contributed by atoms with E-state index < -0.39 is 0 Å². The molecule has 0 saturated carbocycles. The van der Waals surface area contributed by atoms with Crippen molar-refractivity contribution in [1.82, 2.24) is 24.4 Å². The minimum atomic E-state index is 0.574. The Bertz CT molecular complexity index is 774. The maximum absolute atomic E-state index is 8.93. The fraction of sp³-hybridized carbons (Fsp3) is 0.167. The van der Waals surface area contributed by atoms with Gasteiger partial charge >= 0.3 is 0 Å². The zero-order valence-electron chi connectivity index (χ0n) is 9.99. The van der Waals surface area contributed by atoms with E-state index in [1.54, 1.807) is 29.2 Å². The summed E-state index contributed by atoms with van der Waals surface area (Å²) < 4.78 is 3.59. The normalized spacial score (nSPS) is 10.7. The third-order valence-electron chi connectivity index (χ3n) is 3.01. The Morgan fingerprint density at radius 2 is 2.11 bits per heavy atom. The van der Waals surface area contributed by atoms with Crippen LogP contribution in [0.25, 0.3) is 17.0 Å². The molecule has 0 aromatic carbocycles. The molecule has 0 spiro atoms. The Morgan fingerprint density at radius 1 is 1.28 bits per heavy atom. The van der Waals surface area contributed by atoms with Crippen LogP contribution in [-0.4, -0.2) is 24.4 Å². The summed E-state index contributed by atoms with van der Waals surface area (Å²) >= 11 is 0. The molecule has 88 valence electrons. The SMILES string of the molecule is Cc1c(-c2nnc3ccc(C#N)cn23)cnn1C. The van der Waals surface area contributed by atoms with Gasteiger partial charge in [-0.2, -0.15) is 10.4 Å². The van der Waals surface area contributed by atoms with Gasteiger partial charge in [0.1, 0.15) is 6.07 Å². The monoisotopic (exact) mass is 238 g/mol. The molecule has 0 saturated heterocycles. The highest BCUT2D eigenvalue weighted by molar-refractivity contribution is 5.61. The summed E-state index contributed by atoms with van der Waals surface area (Å²) in [6.45, 7) is 1.97. The molecule has 0 radical (unpaired) electrons. The summed E-state index contributed by atoms with van der Waals surface area (Å²) in [5.41, 5.74) is 3.21. The zero-order valence-corrected chi connectivity index (χ0v) is 9.99. The third kappa shape index (κ3) is 1.38. The number of hydrogen-bond donors (Lipinski definition) is 0. The molecule has 0 amide bonds. The standard InChI is InChI=1S/C12H10N6/c1-8-10(6-14-17(8)2)12-16-15-11-4-3-9(5-13)7-18(11)12/h3-4,6-7H,1-2H3. The summed E-state index contributed by atoms with van der Waals surface area (Å²) in [6, 6.07) is 5.61. The molecule has 3 aromatic rings. The summed E-state index contributed by atoms with van der Waals surface area (Å²) in [7, 11) is 1.88. The average molecular weight is 238 g/mol. The van der Waals surface area contributed by atoms with E-state index in [-0.39, 0.29) is 0 Å². The van der Waals surface area contributed by atoms with Crippen LogP contribution in [0.1, 0.15) is 11.3 Å². The first-order chi connectivity index (χ1) is 8.70. The molecule has 6 nitrogen and oxygen atoms in total. The molecule has 0 fully saturated rings. The van der Waals surface area contributed by atoms with Crippen LogP contribution in [-0.2, 0) is 7.05 Å². The van der Waals surface area contributed by atoms with E-state index in [9.17, 15) is 0 Å². The van der Waals surface area contributed by atoms with Crippen LogP contribution in [0.4, 0.5) is 0 Å². The molecule has 0 N–H and O–H groups in total. The van der Waals surface area contributed by atoms with Crippen molar-refractivity contribution < 1.29 is 0 Å². The Labute approximate surface area is 103 Å². The van der Waals surface area contributed by atoms with Gasteiger partial charge in [0, 0.05) is 18.9 Å². The van der Waals surface area contributed by atoms with Gasteiger partial charge in [0.05, 0.1) is 17.3 Å². The molecule has 18 heavy (non-hydrogen) atoms. The maximum Gasteiger partial charge on any atom is 0.171 e. The molecule has 6 heteroatoms. The number of rotatable bonds is 1. The van der Waals surface area contributed by atoms with Crippen LogP contribution >= 0.6 is 0 Å². The van der Waals surface area contributed by atoms with Gasteiger partial charge in [-0.3, -0.25) is 9.08 Å². The van der Waals surface area contributed by atoms with Gasteiger partial charge in [-0.1, -0.05) is 0 Å². The minimum Gasteiger partial charge on any atom is -0.281 e. The van der Waals surface area contributed by atoms with Crippen LogP contribution in [0.15, 0.2) is 24.5 Å². The van der Waals surface area contributed by atoms with Crippen molar-refractivity contribution in [2.24, 2.45) is 7.05 Å².